The van der Waals surface area contributed by atoms with Gasteiger partial charge in [0.25, 0.3) is 0 Å². The fourth-order valence-electron chi connectivity index (χ4n) is 3.77. The van der Waals surface area contributed by atoms with Crippen LogP contribution in [0.2, 0.25) is 0 Å². The van der Waals surface area contributed by atoms with Gasteiger partial charge in [-0.2, -0.15) is 0 Å². The van der Waals surface area contributed by atoms with E-state index in [9.17, 15) is 19.5 Å². The molecule has 1 aliphatic rings. The first kappa shape index (κ1) is 17.2. The van der Waals surface area contributed by atoms with E-state index in [2.05, 4.69) is 0 Å². The lowest BCUT2D eigenvalue weighted by atomic mass is 9.92. The van der Waals surface area contributed by atoms with Crippen LogP contribution in [0.15, 0.2) is 54.8 Å². The summed E-state index contributed by atoms with van der Waals surface area (Å²) in [5.41, 5.74) is -0.0611. The van der Waals surface area contributed by atoms with Crippen LogP contribution in [0.25, 0.3) is 21.9 Å². The molecule has 0 bridgehead atoms. The summed E-state index contributed by atoms with van der Waals surface area (Å²) in [5, 5.41) is 11.5. The Bertz CT molecular complexity index is 1470. The van der Waals surface area contributed by atoms with Crippen molar-refractivity contribution < 1.29 is 23.5 Å². The molecule has 0 radical (unpaired) electrons. The smallest absolute Gasteiger partial charge is 0.344 e. The number of carbonyl (C=O) groups excluding carboxylic acids is 1. The fraction of sp³-hybridized carbons (Fsp3) is 0.136. The van der Waals surface area contributed by atoms with E-state index in [-0.39, 0.29) is 33.4 Å². The van der Waals surface area contributed by atoms with E-state index in [1.807, 2.05) is 13.8 Å². The summed E-state index contributed by atoms with van der Waals surface area (Å²) in [6.45, 7) is 3.66. The van der Waals surface area contributed by atoms with Gasteiger partial charge in [0.2, 0.25) is 0 Å². The molecule has 1 N–H and O–H groups in total. The molecule has 2 aromatic carbocycles. The number of fused-ring (bicyclic) bond motifs is 4. The zero-order valence-corrected chi connectivity index (χ0v) is 15.4. The van der Waals surface area contributed by atoms with Crippen LogP contribution >= 0.6 is 0 Å². The first-order valence-corrected chi connectivity index (χ1v) is 8.90. The Balaban J connectivity index is 1.85. The van der Waals surface area contributed by atoms with Crippen LogP contribution in [0.3, 0.4) is 0 Å². The van der Waals surface area contributed by atoms with Crippen LogP contribution in [0.4, 0.5) is 0 Å². The largest absolute Gasteiger partial charge is 0.507 e. The third-order valence-electron chi connectivity index (χ3n) is 5.13. The molecule has 0 saturated carbocycles. The van der Waals surface area contributed by atoms with Gasteiger partial charge in [-0.3, -0.25) is 4.79 Å². The van der Waals surface area contributed by atoms with Crippen LogP contribution in [-0.4, -0.2) is 11.1 Å². The van der Waals surface area contributed by atoms with Crippen molar-refractivity contribution in [1.29, 1.82) is 0 Å². The van der Waals surface area contributed by atoms with Crippen LogP contribution in [0.1, 0.15) is 28.2 Å². The predicted molar refractivity (Wildman–Crippen MR) is 104 cm³/mol. The van der Waals surface area contributed by atoms with Crippen molar-refractivity contribution in [1.82, 2.24) is 0 Å². The molecule has 0 fully saturated rings. The van der Waals surface area contributed by atoms with Crippen LogP contribution < -0.4 is 16.0 Å². The minimum Gasteiger partial charge on any atom is -0.507 e. The highest BCUT2D eigenvalue weighted by molar-refractivity contribution is 5.98. The SMILES string of the molecule is Cc1ccc2oc(=O)c(C3C(=O)Oc4c3c(=O)oc3ccc(C)cc43)c(O)c2c1. The van der Waals surface area contributed by atoms with Gasteiger partial charge in [-0.1, -0.05) is 23.3 Å². The summed E-state index contributed by atoms with van der Waals surface area (Å²) in [6.07, 6.45) is 0. The van der Waals surface area contributed by atoms with Gasteiger partial charge in [0, 0.05) is 0 Å². The second-order valence-electron chi connectivity index (χ2n) is 7.14. The normalized spacial score (nSPS) is 15.7. The molecule has 29 heavy (non-hydrogen) atoms. The Labute approximate surface area is 162 Å². The first-order valence-electron chi connectivity index (χ1n) is 8.90. The van der Waals surface area contributed by atoms with Crippen molar-refractivity contribution in [2.24, 2.45) is 0 Å². The van der Waals surface area contributed by atoms with Crippen molar-refractivity contribution in [2.45, 2.75) is 19.8 Å². The first-order chi connectivity index (χ1) is 13.8. The quantitative estimate of drug-likeness (QED) is 0.393. The van der Waals surface area contributed by atoms with E-state index in [4.69, 9.17) is 13.6 Å². The van der Waals surface area contributed by atoms with Gasteiger partial charge in [0.1, 0.15) is 28.4 Å². The Morgan fingerprint density at radius 2 is 1.34 bits per heavy atom. The number of rotatable bonds is 1. The molecule has 1 aliphatic heterocycles. The second-order valence-corrected chi connectivity index (χ2v) is 7.14. The number of aromatic hydroxyl groups is 1. The maximum Gasteiger partial charge on any atom is 0.344 e. The third kappa shape index (κ3) is 2.40. The molecule has 144 valence electrons. The highest BCUT2D eigenvalue weighted by atomic mass is 16.5. The van der Waals surface area contributed by atoms with Crippen molar-refractivity contribution in [3.05, 3.63) is 79.5 Å². The minimum absolute atomic E-state index is 0.0399. The average molecular weight is 390 g/mol. The highest BCUT2D eigenvalue weighted by Crippen LogP contribution is 2.44. The molecule has 4 aromatic rings. The summed E-state index contributed by atoms with van der Waals surface area (Å²) in [5.74, 6) is -2.67. The third-order valence-corrected chi connectivity index (χ3v) is 5.13. The van der Waals surface area contributed by atoms with Gasteiger partial charge in [-0.05, 0) is 38.1 Å². The zero-order valence-electron chi connectivity index (χ0n) is 15.4. The van der Waals surface area contributed by atoms with E-state index < -0.39 is 28.9 Å². The Hall–Kier alpha value is -3.87. The molecular weight excluding hydrogens is 376 g/mol. The van der Waals surface area contributed by atoms with Crippen molar-refractivity contribution in [3.63, 3.8) is 0 Å². The molecule has 3 heterocycles. The van der Waals surface area contributed by atoms with Crippen molar-refractivity contribution in [3.8, 4) is 11.5 Å². The van der Waals surface area contributed by atoms with E-state index in [1.165, 1.54) is 0 Å². The van der Waals surface area contributed by atoms with Crippen molar-refractivity contribution in [2.75, 3.05) is 0 Å². The van der Waals surface area contributed by atoms with E-state index in [0.29, 0.717) is 5.39 Å². The summed E-state index contributed by atoms with van der Waals surface area (Å²) < 4.78 is 16.0. The Kier molecular flexibility index (Phi) is 3.46. The lowest BCUT2D eigenvalue weighted by molar-refractivity contribution is -0.133. The molecule has 7 nitrogen and oxygen atoms in total. The van der Waals surface area contributed by atoms with Gasteiger partial charge >= 0.3 is 17.2 Å². The molecule has 5 rings (SSSR count). The lowest BCUT2D eigenvalue weighted by Crippen LogP contribution is -2.22. The Morgan fingerprint density at radius 1 is 0.793 bits per heavy atom. The average Bonchev–Trinajstić information content (AvgIpc) is 3.01. The molecule has 1 unspecified atom stereocenters. The van der Waals surface area contributed by atoms with E-state index >= 15 is 0 Å². The van der Waals surface area contributed by atoms with E-state index in [0.717, 1.165) is 11.1 Å². The van der Waals surface area contributed by atoms with Crippen LogP contribution in [-0.2, 0) is 4.79 Å². The second kappa shape index (κ2) is 5.81. The Morgan fingerprint density at radius 3 is 2.00 bits per heavy atom. The van der Waals surface area contributed by atoms with Gasteiger partial charge < -0.3 is 18.7 Å². The topological polar surface area (TPSA) is 107 Å². The number of esters is 1. The summed E-state index contributed by atoms with van der Waals surface area (Å²) in [4.78, 5) is 38.0. The number of hydrogen-bond acceptors (Lipinski definition) is 7. The van der Waals surface area contributed by atoms with Crippen LogP contribution in [0.5, 0.6) is 11.5 Å². The van der Waals surface area contributed by atoms with E-state index in [1.54, 1.807) is 36.4 Å². The molecule has 2 aromatic heterocycles. The highest BCUT2D eigenvalue weighted by Gasteiger charge is 2.43. The monoisotopic (exact) mass is 390 g/mol. The van der Waals surface area contributed by atoms with Crippen molar-refractivity contribution >= 4 is 27.9 Å². The molecular formula is C22H14O7. The zero-order chi connectivity index (χ0) is 20.4. The molecule has 7 heteroatoms. The standard InChI is InChI=1S/C22H14O7/c1-9-3-5-13-11(7-9)18(23)16(21(25)27-13)15-17-19(29-20(15)24)12-8-10(2)4-6-14(12)28-22(17)26/h3-8,15,23H,1-2H3. The summed E-state index contributed by atoms with van der Waals surface area (Å²) in [6, 6.07) is 10.0. The summed E-state index contributed by atoms with van der Waals surface area (Å²) >= 11 is 0. The minimum atomic E-state index is -1.44. The summed E-state index contributed by atoms with van der Waals surface area (Å²) in [7, 11) is 0. The van der Waals surface area contributed by atoms with Gasteiger partial charge in [-0.15, -0.1) is 0 Å². The van der Waals surface area contributed by atoms with Crippen LogP contribution in [0, 0.1) is 13.8 Å². The number of benzene rings is 2. The number of ether oxygens (including phenoxy) is 1. The molecule has 0 saturated heterocycles. The molecule has 0 spiro atoms. The molecule has 0 amide bonds. The van der Waals surface area contributed by atoms with Gasteiger partial charge in [0.15, 0.2) is 5.75 Å². The van der Waals surface area contributed by atoms with Gasteiger partial charge in [0.05, 0.1) is 16.3 Å². The van der Waals surface area contributed by atoms with Gasteiger partial charge in [-0.25, -0.2) is 9.59 Å². The fourth-order valence-corrected chi connectivity index (χ4v) is 3.77. The lowest BCUT2D eigenvalue weighted by Gasteiger charge is -2.10. The maximum atomic E-state index is 12.7. The maximum absolute atomic E-state index is 12.7. The number of carbonyl (C=O) groups is 1. The molecule has 1 atom stereocenters. The molecule has 0 aliphatic carbocycles. The number of aryl methyl sites for hydroxylation is 2. The predicted octanol–water partition coefficient (Wildman–Crippen LogP) is 3.27. The number of hydrogen-bond donors (Lipinski definition) is 1.